The highest BCUT2D eigenvalue weighted by Crippen LogP contribution is 2.18. The first-order valence-electron chi connectivity index (χ1n) is 7.28. The second-order valence-electron chi connectivity index (χ2n) is 4.82. The van der Waals surface area contributed by atoms with E-state index in [1.54, 1.807) is 48.3 Å². The zero-order valence-electron chi connectivity index (χ0n) is 13.2. The molecule has 0 bridgehead atoms. The highest BCUT2D eigenvalue weighted by molar-refractivity contribution is 5.98. The Labute approximate surface area is 137 Å². The number of anilines is 2. The summed E-state index contributed by atoms with van der Waals surface area (Å²) in [5, 5.41) is 16.9. The number of nitrogens with one attached hydrogen (secondary N) is 2. The highest BCUT2D eigenvalue weighted by atomic mass is 16.5. The number of nitrogens with zero attached hydrogens (tertiary/aromatic N) is 4. The van der Waals surface area contributed by atoms with Crippen LogP contribution in [0.15, 0.2) is 40.9 Å². The zero-order chi connectivity index (χ0) is 16.9. The third-order valence-electron chi connectivity index (χ3n) is 3.00. The van der Waals surface area contributed by atoms with E-state index in [0.29, 0.717) is 18.0 Å². The van der Waals surface area contributed by atoms with Gasteiger partial charge in [-0.05, 0) is 37.3 Å². The lowest BCUT2D eigenvalue weighted by atomic mass is 10.3. The molecule has 24 heavy (non-hydrogen) atoms. The van der Waals surface area contributed by atoms with E-state index >= 15 is 0 Å². The molecule has 3 rings (SSSR count). The Morgan fingerprint density at radius 3 is 2.67 bits per heavy atom. The fourth-order valence-corrected chi connectivity index (χ4v) is 1.97. The van der Waals surface area contributed by atoms with Crippen LogP contribution in [-0.2, 0) is 7.05 Å². The van der Waals surface area contributed by atoms with Crippen molar-refractivity contribution in [2.45, 2.75) is 6.92 Å². The summed E-state index contributed by atoms with van der Waals surface area (Å²) in [5.74, 6) is 0.965. The summed E-state index contributed by atoms with van der Waals surface area (Å²) in [6, 6.07) is 8.23. The van der Waals surface area contributed by atoms with Gasteiger partial charge in [0.2, 0.25) is 0 Å². The molecule has 0 saturated heterocycles. The number of hydrogen-bond acceptors (Lipinski definition) is 6. The molecule has 2 aromatic heterocycles. The summed E-state index contributed by atoms with van der Waals surface area (Å²) < 4.78 is 12.3. The number of aromatic nitrogens is 4. The lowest BCUT2D eigenvalue weighted by molar-refractivity contribution is 0.261. The SMILES string of the molecule is CCOc1ccc(NC(=O)Nc2nnc(-c3ccn(C)n3)o2)cc1. The molecule has 0 unspecified atom stereocenters. The van der Waals surface area contributed by atoms with Crippen LogP contribution < -0.4 is 15.4 Å². The van der Waals surface area contributed by atoms with Gasteiger partial charge in [-0.15, -0.1) is 5.10 Å². The first-order valence-corrected chi connectivity index (χ1v) is 7.28. The summed E-state index contributed by atoms with van der Waals surface area (Å²) in [6.45, 7) is 2.49. The maximum absolute atomic E-state index is 11.9. The molecule has 1 aromatic carbocycles. The molecular weight excluding hydrogens is 312 g/mol. The second kappa shape index (κ2) is 6.82. The van der Waals surface area contributed by atoms with E-state index in [0.717, 1.165) is 5.75 Å². The van der Waals surface area contributed by atoms with Crippen LogP contribution >= 0.6 is 0 Å². The van der Waals surface area contributed by atoms with Gasteiger partial charge in [0.1, 0.15) is 11.4 Å². The molecule has 2 amide bonds. The third kappa shape index (κ3) is 3.69. The van der Waals surface area contributed by atoms with Crippen LogP contribution in [0.4, 0.5) is 16.5 Å². The molecule has 0 saturated carbocycles. The van der Waals surface area contributed by atoms with Gasteiger partial charge in [-0.3, -0.25) is 10.00 Å². The van der Waals surface area contributed by atoms with Crippen LogP contribution in [0, 0.1) is 0 Å². The second-order valence-corrected chi connectivity index (χ2v) is 4.82. The smallest absolute Gasteiger partial charge is 0.327 e. The van der Waals surface area contributed by atoms with Crippen LogP contribution in [0.1, 0.15) is 6.92 Å². The summed E-state index contributed by atoms with van der Waals surface area (Å²) in [4.78, 5) is 11.9. The quantitative estimate of drug-likeness (QED) is 0.745. The Bertz CT molecular complexity index is 824. The van der Waals surface area contributed by atoms with Gasteiger partial charge in [-0.1, -0.05) is 5.10 Å². The van der Waals surface area contributed by atoms with E-state index in [1.807, 2.05) is 6.92 Å². The molecule has 0 spiro atoms. The van der Waals surface area contributed by atoms with Crippen LogP contribution in [-0.4, -0.2) is 32.6 Å². The third-order valence-corrected chi connectivity index (χ3v) is 3.00. The zero-order valence-corrected chi connectivity index (χ0v) is 13.2. The molecule has 0 aliphatic heterocycles. The number of rotatable bonds is 5. The number of hydrogen-bond donors (Lipinski definition) is 2. The fraction of sp³-hybridized carbons (Fsp3) is 0.200. The van der Waals surface area contributed by atoms with Crippen molar-refractivity contribution in [3.63, 3.8) is 0 Å². The standard InChI is InChI=1S/C15H16N6O3/c1-3-23-11-6-4-10(5-7-11)16-14(22)17-15-19-18-13(24-15)12-8-9-21(2)20-12/h4-9H,3H2,1-2H3,(H2,16,17,19,22). The first kappa shape index (κ1) is 15.5. The Morgan fingerprint density at radius 1 is 1.21 bits per heavy atom. The predicted molar refractivity (Wildman–Crippen MR) is 86.8 cm³/mol. The van der Waals surface area contributed by atoms with Crippen molar-refractivity contribution < 1.29 is 13.9 Å². The average molecular weight is 328 g/mol. The molecule has 0 radical (unpaired) electrons. The van der Waals surface area contributed by atoms with E-state index in [9.17, 15) is 4.79 Å². The molecule has 2 N–H and O–H groups in total. The van der Waals surface area contributed by atoms with E-state index in [4.69, 9.17) is 9.15 Å². The number of aryl methyl sites for hydroxylation is 1. The summed E-state index contributed by atoms with van der Waals surface area (Å²) in [6.07, 6.45) is 1.76. The van der Waals surface area contributed by atoms with Gasteiger partial charge in [0.05, 0.1) is 6.61 Å². The summed E-state index contributed by atoms with van der Waals surface area (Å²) in [7, 11) is 1.78. The lowest BCUT2D eigenvalue weighted by Gasteiger charge is -2.06. The molecule has 0 fully saturated rings. The average Bonchev–Trinajstić information content (AvgIpc) is 3.18. The summed E-state index contributed by atoms with van der Waals surface area (Å²) in [5.41, 5.74) is 1.14. The van der Waals surface area contributed by atoms with Crippen molar-refractivity contribution in [1.29, 1.82) is 0 Å². The molecule has 0 atom stereocenters. The molecule has 0 aliphatic rings. The monoisotopic (exact) mass is 328 g/mol. The number of carbonyl (C=O) groups is 1. The van der Waals surface area contributed by atoms with Gasteiger partial charge in [-0.2, -0.15) is 5.10 Å². The first-order chi connectivity index (χ1) is 11.6. The van der Waals surface area contributed by atoms with Crippen LogP contribution in [0.3, 0.4) is 0 Å². The van der Waals surface area contributed by atoms with Crippen molar-refractivity contribution in [3.8, 4) is 17.3 Å². The topological polar surface area (TPSA) is 107 Å². The largest absolute Gasteiger partial charge is 0.494 e. The number of carbonyl (C=O) groups excluding carboxylic acids is 1. The molecule has 3 aromatic rings. The van der Waals surface area contributed by atoms with Crippen molar-refractivity contribution in [2.24, 2.45) is 7.05 Å². The van der Waals surface area contributed by atoms with Crippen molar-refractivity contribution in [3.05, 3.63) is 36.5 Å². The number of benzene rings is 1. The predicted octanol–water partition coefficient (Wildman–Crippen LogP) is 2.51. The van der Waals surface area contributed by atoms with Crippen LogP contribution in [0.5, 0.6) is 5.75 Å². The van der Waals surface area contributed by atoms with Crippen LogP contribution in [0.2, 0.25) is 0 Å². The van der Waals surface area contributed by atoms with E-state index in [1.165, 1.54) is 0 Å². The Kier molecular flexibility index (Phi) is 4.41. The molecule has 9 heteroatoms. The number of amides is 2. The van der Waals surface area contributed by atoms with Crippen molar-refractivity contribution >= 4 is 17.7 Å². The minimum absolute atomic E-state index is 0.0147. The lowest BCUT2D eigenvalue weighted by Crippen LogP contribution is -2.19. The van der Waals surface area contributed by atoms with Gasteiger partial charge in [0.15, 0.2) is 0 Å². The van der Waals surface area contributed by atoms with Gasteiger partial charge < -0.3 is 14.5 Å². The molecular formula is C15H16N6O3. The van der Waals surface area contributed by atoms with E-state index in [-0.39, 0.29) is 11.9 Å². The highest BCUT2D eigenvalue weighted by Gasteiger charge is 2.13. The van der Waals surface area contributed by atoms with Gasteiger partial charge in [0, 0.05) is 18.9 Å². The van der Waals surface area contributed by atoms with Crippen molar-refractivity contribution in [1.82, 2.24) is 20.0 Å². The van der Waals surface area contributed by atoms with Crippen molar-refractivity contribution in [2.75, 3.05) is 17.2 Å². The molecule has 2 heterocycles. The van der Waals surface area contributed by atoms with E-state index in [2.05, 4.69) is 25.9 Å². The Balaban J connectivity index is 1.59. The summed E-state index contributed by atoms with van der Waals surface area (Å²) >= 11 is 0. The minimum atomic E-state index is -0.490. The van der Waals surface area contributed by atoms with Gasteiger partial charge >= 0.3 is 12.0 Å². The number of ether oxygens (including phenoxy) is 1. The molecule has 0 aliphatic carbocycles. The Hall–Kier alpha value is -3.36. The Morgan fingerprint density at radius 2 is 2.00 bits per heavy atom. The molecule has 124 valence electrons. The maximum Gasteiger partial charge on any atom is 0.327 e. The fourth-order valence-electron chi connectivity index (χ4n) is 1.97. The van der Waals surface area contributed by atoms with E-state index < -0.39 is 6.03 Å². The van der Waals surface area contributed by atoms with Gasteiger partial charge in [0.25, 0.3) is 5.89 Å². The molecule has 9 nitrogen and oxygen atoms in total. The van der Waals surface area contributed by atoms with Crippen LogP contribution in [0.25, 0.3) is 11.6 Å². The maximum atomic E-state index is 11.9. The minimum Gasteiger partial charge on any atom is -0.494 e. The normalized spacial score (nSPS) is 10.4. The number of urea groups is 1. The van der Waals surface area contributed by atoms with Gasteiger partial charge in [-0.25, -0.2) is 4.79 Å².